The molecular weight excluding hydrogens is 365 g/mol. The van der Waals surface area contributed by atoms with Crippen LogP contribution in [0.2, 0.25) is 0 Å². The van der Waals surface area contributed by atoms with Crippen molar-refractivity contribution >= 4 is 22.7 Å². The third-order valence-electron chi connectivity index (χ3n) is 4.83. The summed E-state index contributed by atoms with van der Waals surface area (Å²) >= 11 is 0. The molecule has 1 atom stereocenters. The van der Waals surface area contributed by atoms with Gasteiger partial charge in [-0.2, -0.15) is 0 Å². The molecule has 1 saturated heterocycles. The number of nitrogens with zero attached hydrogens (tertiary/aromatic N) is 1. The lowest BCUT2D eigenvalue weighted by Gasteiger charge is -2.32. The van der Waals surface area contributed by atoms with Gasteiger partial charge < -0.3 is 19.6 Å². The van der Waals surface area contributed by atoms with Crippen molar-refractivity contribution in [3.05, 3.63) is 70.2 Å². The molecule has 2 N–H and O–H groups in total. The summed E-state index contributed by atoms with van der Waals surface area (Å²) in [6.07, 6.45) is 2.89. The summed E-state index contributed by atoms with van der Waals surface area (Å²) in [4.78, 5) is 41.3. The van der Waals surface area contributed by atoms with Crippen LogP contribution in [0.3, 0.4) is 0 Å². The molecule has 8 heteroatoms. The number of piperidine rings is 1. The van der Waals surface area contributed by atoms with E-state index in [-0.39, 0.29) is 28.8 Å². The average molecular weight is 383 g/mol. The largest absolute Gasteiger partial charge is 0.459 e. The lowest BCUT2D eigenvalue weighted by Crippen LogP contribution is -2.49. The minimum atomic E-state index is -0.500. The van der Waals surface area contributed by atoms with Gasteiger partial charge in [-0.3, -0.25) is 14.4 Å². The number of hydrogen-bond donors (Lipinski definition) is 2. The van der Waals surface area contributed by atoms with Crippen LogP contribution in [0.1, 0.15) is 33.8 Å². The second-order valence-corrected chi connectivity index (χ2v) is 6.78. The predicted molar refractivity (Wildman–Crippen MR) is 99.6 cm³/mol. The average Bonchev–Trinajstić information content (AvgIpc) is 3.21. The zero-order valence-electron chi connectivity index (χ0n) is 14.9. The molecule has 7 nitrogen and oxygen atoms in total. The summed E-state index contributed by atoms with van der Waals surface area (Å²) in [5.41, 5.74) is -0.0503. The molecule has 0 saturated carbocycles. The Balaban J connectivity index is 1.53. The van der Waals surface area contributed by atoms with Crippen molar-refractivity contribution in [1.82, 2.24) is 15.2 Å². The molecule has 144 valence electrons. The number of H-pyrrole nitrogens is 1. The first-order chi connectivity index (χ1) is 13.5. The number of carbonyl (C=O) groups is 2. The molecule has 2 aromatic heterocycles. The fourth-order valence-corrected chi connectivity index (χ4v) is 3.52. The molecule has 0 aliphatic carbocycles. The van der Waals surface area contributed by atoms with Gasteiger partial charge >= 0.3 is 0 Å². The molecule has 1 fully saturated rings. The van der Waals surface area contributed by atoms with Crippen molar-refractivity contribution in [3.63, 3.8) is 0 Å². The van der Waals surface area contributed by atoms with Crippen molar-refractivity contribution < 1.29 is 18.4 Å². The van der Waals surface area contributed by atoms with Gasteiger partial charge in [-0.1, -0.05) is 0 Å². The Morgan fingerprint density at radius 1 is 1.25 bits per heavy atom. The highest BCUT2D eigenvalue weighted by Gasteiger charge is 2.27. The summed E-state index contributed by atoms with van der Waals surface area (Å²) in [6.45, 7) is 0.931. The monoisotopic (exact) mass is 383 g/mol. The van der Waals surface area contributed by atoms with Crippen molar-refractivity contribution in [2.45, 2.75) is 18.9 Å². The SMILES string of the molecule is O=C(N[C@H]1CCCN(C(=O)c2ccco2)C1)c1cc(=O)[nH]c2cc(F)ccc12. The van der Waals surface area contributed by atoms with Gasteiger partial charge in [0.25, 0.3) is 11.8 Å². The van der Waals surface area contributed by atoms with Gasteiger partial charge in [0.15, 0.2) is 5.76 Å². The number of likely N-dealkylation sites (tertiary alicyclic amines) is 1. The van der Waals surface area contributed by atoms with Crippen LogP contribution in [0.4, 0.5) is 4.39 Å². The minimum absolute atomic E-state index is 0.174. The lowest BCUT2D eigenvalue weighted by atomic mass is 10.0. The summed E-state index contributed by atoms with van der Waals surface area (Å²) in [5, 5.41) is 3.35. The summed E-state index contributed by atoms with van der Waals surface area (Å²) < 4.78 is 18.6. The zero-order valence-corrected chi connectivity index (χ0v) is 14.9. The maximum absolute atomic E-state index is 13.4. The maximum Gasteiger partial charge on any atom is 0.289 e. The molecule has 3 aromatic rings. The van der Waals surface area contributed by atoms with E-state index in [0.717, 1.165) is 6.42 Å². The summed E-state index contributed by atoms with van der Waals surface area (Å²) in [5.74, 6) is -0.893. The highest BCUT2D eigenvalue weighted by Crippen LogP contribution is 2.18. The third-order valence-corrected chi connectivity index (χ3v) is 4.83. The first kappa shape index (κ1) is 18.0. The van der Waals surface area contributed by atoms with E-state index in [2.05, 4.69) is 10.3 Å². The Morgan fingerprint density at radius 2 is 2.11 bits per heavy atom. The van der Waals surface area contributed by atoms with E-state index in [9.17, 15) is 18.8 Å². The number of nitrogens with one attached hydrogen (secondary N) is 2. The van der Waals surface area contributed by atoms with Crippen LogP contribution in [0.15, 0.2) is 51.9 Å². The molecule has 3 heterocycles. The number of pyridine rings is 1. The molecule has 0 bridgehead atoms. The molecule has 0 spiro atoms. The Morgan fingerprint density at radius 3 is 2.89 bits per heavy atom. The standard InChI is InChI=1S/C20H18FN3O4/c21-12-5-6-14-15(10-18(25)23-16(14)9-12)19(26)22-13-3-1-7-24(11-13)20(27)17-4-2-8-28-17/h2,4-6,8-10,13H,1,3,7,11H2,(H,22,26)(H,23,25)/t13-/m0/s1. The topological polar surface area (TPSA) is 95.4 Å². The zero-order chi connectivity index (χ0) is 19.7. The van der Waals surface area contributed by atoms with Crippen molar-refractivity contribution in [3.8, 4) is 0 Å². The Bertz CT molecular complexity index is 1090. The van der Waals surface area contributed by atoms with E-state index >= 15 is 0 Å². The fraction of sp³-hybridized carbons (Fsp3) is 0.250. The van der Waals surface area contributed by atoms with Crippen molar-refractivity contribution in [1.29, 1.82) is 0 Å². The molecule has 2 amide bonds. The maximum atomic E-state index is 13.4. The molecule has 1 aromatic carbocycles. The van der Waals surface area contributed by atoms with Crippen LogP contribution in [0.25, 0.3) is 10.9 Å². The smallest absolute Gasteiger partial charge is 0.289 e. The number of carbonyl (C=O) groups excluding carboxylic acids is 2. The van der Waals surface area contributed by atoms with Crippen molar-refractivity contribution in [2.24, 2.45) is 0 Å². The molecule has 28 heavy (non-hydrogen) atoms. The van der Waals surface area contributed by atoms with Crippen LogP contribution in [-0.4, -0.2) is 40.8 Å². The summed E-state index contributed by atoms with van der Waals surface area (Å²) in [6, 6.07) is 8.08. The van der Waals surface area contributed by atoms with Crippen LogP contribution in [-0.2, 0) is 0 Å². The number of aromatic amines is 1. The minimum Gasteiger partial charge on any atom is -0.459 e. The normalized spacial score (nSPS) is 16.9. The second kappa shape index (κ2) is 7.30. The summed E-state index contributed by atoms with van der Waals surface area (Å²) in [7, 11) is 0. The van der Waals surface area contributed by atoms with Crippen molar-refractivity contribution in [2.75, 3.05) is 13.1 Å². The van der Waals surface area contributed by atoms with Gasteiger partial charge in [-0.05, 0) is 43.2 Å². The van der Waals surface area contributed by atoms with Gasteiger partial charge in [0.05, 0.1) is 17.3 Å². The molecule has 4 rings (SSSR count). The lowest BCUT2D eigenvalue weighted by molar-refractivity contribution is 0.0647. The number of aromatic nitrogens is 1. The van der Waals surface area contributed by atoms with Crippen LogP contribution < -0.4 is 10.9 Å². The first-order valence-electron chi connectivity index (χ1n) is 8.97. The van der Waals surface area contributed by atoms with E-state index in [1.165, 1.54) is 30.5 Å². The number of rotatable bonds is 3. The number of fused-ring (bicyclic) bond motifs is 1. The molecule has 1 aliphatic rings. The Kier molecular flexibility index (Phi) is 4.68. The van der Waals surface area contributed by atoms with Gasteiger partial charge in [-0.25, -0.2) is 4.39 Å². The van der Waals surface area contributed by atoms with Gasteiger partial charge in [0.2, 0.25) is 5.56 Å². The number of halogens is 1. The van der Waals surface area contributed by atoms with Crippen LogP contribution in [0.5, 0.6) is 0 Å². The van der Waals surface area contributed by atoms with Gasteiger partial charge in [0, 0.05) is 30.6 Å². The molecular formula is C20H18FN3O4. The van der Waals surface area contributed by atoms with Gasteiger partial charge in [-0.15, -0.1) is 0 Å². The van der Waals surface area contributed by atoms with Crippen LogP contribution >= 0.6 is 0 Å². The fourth-order valence-electron chi connectivity index (χ4n) is 3.52. The highest BCUT2D eigenvalue weighted by atomic mass is 19.1. The van der Waals surface area contributed by atoms with E-state index in [4.69, 9.17) is 4.42 Å². The highest BCUT2D eigenvalue weighted by molar-refractivity contribution is 6.06. The van der Waals surface area contributed by atoms with E-state index in [1.54, 1.807) is 17.0 Å². The molecule has 0 unspecified atom stereocenters. The first-order valence-corrected chi connectivity index (χ1v) is 8.97. The van der Waals surface area contributed by atoms with E-state index in [0.29, 0.717) is 24.9 Å². The number of hydrogen-bond acceptors (Lipinski definition) is 4. The van der Waals surface area contributed by atoms with Gasteiger partial charge in [0.1, 0.15) is 5.82 Å². The second-order valence-electron chi connectivity index (χ2n) is 6.78. The predicted octanol–water partition coefficient (Wildman–Crippen LogP) is 2.29. The number of benzene rings is 1. The molecule has 1 aliphatic heterocycles. The quantitative estimate of drug-likeness (QED) is 0.725. The van der Waals surface area contributed by atoms with E-state index in [1.807, 2.05) is 0 Å². The number of furan rings is 1. The Labute approximate surface area is 159 Å². The molecule has 0 radical (unpaired) electrons. The number of amides is 2. The Hall–Kier alpha value is -3.42. The van der Waals surface area contributed by atoms with E-state index < -0.39 is 17.3 Å². The van der Waals surface area contributed by atoms with Crippen LogP contribution in [0, 0.1) is 5.82 Å². The third kappa shape index (κ3) is 3.53.